The van der Waals surface area contributed by atoms with Crippen molar-refractivity contribution in [2.24, 2.45) is 17.1 Å². The van der Waals surface area contributed by atoms with Gasteiger partial charge in [0.05, 0.1) is 12.2 Å². The summed E-state index contributed by atoms with van der Waals surface area (Å²) in [5.41, 5.74) is 6.02. The summed E-state index contributed by atoms with van der Waals surface area (Å²) in [7, 11) is 0. The Labute approximate surface area is 80.8 Å². The highest BCUT2D eigenvalue weighted by Gasteiger charge is 2.46. The molecule has 2 N–H and O–H groups in total. The Balaban J connectivity index is 2.01. The molecule has 2 fully saturated rings. The summed E-state index contributed by atoms with van der Waals surface area (Å²) in [6.45, 7) is 5.49. The van der Waals surface area contributed by atoms with Crippen molar-refractivity contribution >= 4 is 0 Å². The summed E-state index contributed by atoms with van der Waals surface area (Å²) >= 11 is 0. The average molecular weight is 183 g/mol. The van der Waals surface area contributed by atoms with Gasteiger partial charge in [-0.2, -0.15) is 0 Å². The molecular formula is C11H21NO. The lowest BCUT2D eigenvalue weighted by atomic mass is 9.69. The van der Waals surface area contributed by atoms with E-state index in [0.717, 1.165) is 18.9 Å². The summed E-state index contributed by atoms with van der Waals surface area (Å²) in [5.74, 6) is 0.759. The summed E-state index contributed by atoms with van der Waals surface area (Å²) in [6, 6.07) is 0. The van der Waals surface area contributed by atoms with Crippen molar-refractivity contribution in [2.45, 2.75) is 51.7 Å². The Morgan fingerprint density at radius 3 is 2.62 bits per heavy atom. The Bertz CT molecular complexity index is 191. The van der Waals surface area contributed by atoms with Gasteiger partial charge in [0.15, 0.2) is 0 Å². The molecule has 2 saturated heterocycles. The van der Waals surface area contributed by atoms with Gasteiger partial charge in [0.1, 0.15) is 0 Å². The number of rotatable bonds is 3. The van der Waals surface area contributed by atoms with Crippen LogP contribution in [0.15, 0.2) is 0 Å². The number of fused-ring (bicyclic) bond motifs is 2. The maximum absolute atomic E-state index is 5.88. The molecule has 0 aliphatic carbocycles. The molecule has 0 aromatic heterocycles. The van der Waals surface area contributed by atoms with Gasteiger partial charge in [0.2, 0.25) is 0 Å². The number of ether oxygens (including phenoxy) is 1. The Hall–Kier alpha value is -0.0800. The van der Waals surface area contributed by atoms with E-state index in [-0.39, 0.29) is 0 Å². The van der Waals surface area contributed by atoms with Crippen LogP contribution in [0.4, 0.5) is 0 Å². The molecule has 2 nitrogen and oxygen atoms in total. The fourth-order valence-electron chi connectivity index (χ4n) is 3.02. The third-order valence-electron chi connectivity index (χ3n) is 3.90. The van der Waals surface area contributed by atoms with Gasteiger partial charge in [-0.1, -0.05) is 13.8 Å². The first-order valence-corrected chi connectivity index (χ1v) is 5.49. The zero-order chi connectivity index (χ0) is 9.47. The van der Waals surface area contributed by atoms with Crippen molar-refractivity contribution in [2.75, 3.05) is 6.54 Å². The first kappa shape index (κ1) is 9.47. The largest absolute Gasteiger partial charge is 0.375 e. The van der Waals surface area contributed by atoms with Gasteiger partial charge in [0.25, 0.3) is 0 Å². The van der Waals surface area contributed by atoms with Gasteiger partial charge in [0, 0.05) is 0 Å². The molecule has 2 aliphatic heterocycles. The molecule has 2 rings (SSSR count). The molecule has 2 aliphatic rings. The van der Waals surface area contributed by atoms with Crippen LogP contribution in [0.1, 0.15) is 39.5 Å². The van der Waals surface area contributed by atoms with E-state index in [2.05, 4.69) is 13.8 Å². The standard InChI is InChI=1S/C11H21NO/c1-11(2,5-6-12)9-7-8-3-4-10(9)13-8/h8-10H,3-7,12H2,1-2H3. The van der Waals surface area contributed by atoms with Gasteiger partial charge >= 0.3 is 0 Å². The highest BCUT2D eigenvalue weighted by Crippen LogP contribution is 2.48. The fourth-order valence-corrected chi connectivity index (χ4v) is 3.02. The normalized spacial score (nSPS) is 38.5. The van der Waals surface area contributed by atoms with E-state index in [0.29, 0.717) is 17.6 Å². The number of hydrogen-bond acceptors (Lipinski definition) is 2. The van der Waals surface area contributed by atoms with Crippen LogP contribution in [0.25, 0.3) is 0 Å². The second-order valence-electron chi connectivity index (χ2n) is 5.24. The van der Waals surface area contributed by atoms with Crippen molar-refractivity contribution < 1.29 is 4.74 Å². The minimum absolute atomic E-state index is 0.384. The molecule has 3 unspecified atom stereocenters. The quantitative estimate of drug-likeness (QED) is 0.725. The molecule has 0 aromatic rings. The first-order valence-electron chi connectivity index (χ1n) is 5.49. The maximum Gasteiger partial charge on any atom is 0.0614 e. The smallest absolute Gasteiger partial charge is 0.0614 e. The van der Waals surface area contributed by atoms with Crippen LogP contribution in [0, 0.1) is 11.3 Å². The molecule has 2 bridgehead atoms. The molecule has 3 atom stereocenters. The van der Waals surface area contributed by atoms with Gasteiger partial charge in [-0.15, -0.1) is 0 Å². The van der Waals surface area contributed by atoms with Crippen molar-refractivity contribution in [3.8, 4) is 0 Å². The van der Waals surface area contributed by atoms with Crippen molar-refractivity contribution in [1.29, 1.82) is 0 Å². The molecule has 2 heterocycles. The lowest BCUT2D eigenvalue weighted by Gasteiger charge is -2.35. The van der Waals surface area contributed by atoms with Crippen molar-refractivity contribution in [1.82, 2.24) is 0 Å². The van der Waals surface area contributed by atoms with Crippen LogP contribution in [0.2, 0.25) is 0 Å². The lowest BCUT2D eigenvalue weighted by molar-refractivity contribution is 0.0610. The van der Waals surface area contributed by atoms with E-state index in [1.54, 1.807) is 0 Å². The molecule has 2 heteroatoms. The Morgan fingerprint density at radius 1 is 1.38 bits per heavy atom. The minimum Gasteiger partial charge on any atom is -0.375 e. The zero-order valence-electron chi connectivity index (χ0n) is 8.75. The number of nitrogens with two attached hydrogens (primary N) is 1. The molecule has 76 valence electrons. The third-order valence-corrected chi connectivity index (χ3v) is 3.90. The SMILES string of the molecule is CC(C)(CCN)C1CC2CCC1O2. The van der Waals surface area contributed by atoms with Crippen LogP contribution >= 0.6 is 0 Å². The second kappa shape index (κ2) is 3.25. The fraction of sp³-hybridized carbons (Fsp3) is 1.00. The molecule has 13 heavy (non-hydrogen) atoms. The van der Waals surface area contributed by atoms with E-state index >= 15 is 0 Å². The van der Waals surface area contributed by atoms with E-state index in [9.17, 15) is 0 Å². The molecule has 0 aromatic carbocycles. The van der Waals surface area contributed by atoms with Crippen molar-refractivity contribution in [3.63, 3.8) is 0 Å². The van der Waals surface area contributed by atoms with E-state index < -0.39 is 0 Å². The van der Waals surface area contributed by atoms with Crippen molar-refractivity contribution in [3.05, 3.63) is 0 Å². The van der Waals surface area contributed by atoms with Gasteiger partial charge in [-0.25, -0.2) is 0 Å². The van der Waals surface area contributed by atoms with Gasteiger partial charge < -0.3 is 10.5 Å². The summed E-state index contributed by atoms with van der Waals surface area (Å²) < 4.78 is 5.88. The van der Waals surface area contributed by atoms with Crippen LogP contribution in [-0.4, -0.2) is 18.8 Å². The first-order chi connectivity index (χ1) is 6.13. The summed E-state index contributed by atoms with van der Waals surface area (Å²) in [5, 5.41) is 0. The predicted octanol–water partition coefficient (Wildman–Crippen LogP) is 1.93. The Kier molecular flexibility index (Phi) is 2.37. The molecule has 0 radical (unpaired) electrons. The Morgan fingerprint density at radius 2 is 2.15 bits per heavy atom. The molecule has 0 spiro atoms. The van der Waals surface area contributed by atoms with Crippen LogP contribution in [0.3, 0.4) is 0 Å². The molecule has 0 saturated carbocycles. The highest BCUT2D eigenvalue weighted by atomic mass is 16.5. The van der Waals surface area contributed by atoms with Crippen LogP contribution < -0.4 is 5.73 Å². The minimum atomic E-state index is 0.384. The van der Waals surface area contributed by atoms with E-state index in [1.165, 1.54) is 19.3 Å². The monoisotopic (exact) mass is 183 g/mol. The van der Waals surface area contributed by atoms with Crippen LogP contribution in [0.5, 0.6) is 0 Å². The third kappa shape index (κ3) is 1.62. The highest BCUT2D eigenvalue weighted by molar-refractivity contribution is 4.96. The number of hydrogen-bond donors (Lipinski definition) is 1. The van der Waals surface area contributed by atoms with Gasteiger partial charge in [-0.05, 0) is 43.6 Å². The van der Waals surface area contributed by atoms with Crippen LogP contribution in [-0.2, 0) is 4.74 Å². The topological polar surface area (TPSA) is 35.2 Å². The average Bonchev–Trinajstić information content (AvgIpc) is 2.63. The molecule has 0 amide bonds. The zero-order valence-corrected chi connectivity index (χ0v) is 8.75. The van der Waals surface area contributed by atoms with E-state index in [4.69, 9.17) is 10.5 Å². The maximum atomic E-state index is 5.88. The predicted molar refractivity (Wildman–Crippen MR) is 53.5 cm³/mol. The summed E-state index contributed by atoms with van der Waals surface area (Å²) in [6.07, 6.45) is 6.10. The lowest BCUT2D eigenvalue weighted by Crippen LogP contribution is -2.33. The summed E-state index contributed by atoms with van der Waals surface area (Å²) in [4.78, 5) is 0. The van der Waals surface area contributed by atoms with E-state index in [1.807, 2.05) is 0 Å². The van der Waals surface area contributed by atoms with Gasteiger partial charge in [-0.3, -0.25) is 0 Å². The second-order valence-corrected chi connectivity index (χ2v) is 5.24. The molecular weight excluding hydrogens is 162 g/mol.